The fourth-order valence-corrected chi connectivity index (χ4v) is 5.48. The van der Waals surface area contributed by atoms with Crippen molar-refractivity contribution < 1.29 is 23.9 Å². The van der Waals surface area contributed by atoms with Crippen LogP contribution in [-0.2, 0) is 20.9 Å². The van der Waals surface area contributed by atoms with Crippen molar-refractivity contribution in [3.05, 3.63) is 29.3 Å². The van der Waals surface area contributed by atoms with E-state index >= 15 is 0 Å². The second kappa shape index (κ2) is 8.83. The minimum absolute atomic E-state index is 0.136. The summed E-state index contributed by atoms with van der Waals surface area (Å²) in [7, 11) is 0. The van der Waals surface area contributed by atoms with Crippen molar-refractivity contribution in [2.45, 2.75) is 63.8 Å². The molecule has 4 aliphatic rings. The zero-order chi connectivity index (χ0) is 22.2. The van der Waals surface area contributed by atoms with Gasteiger partial charge >= 0.3 is 0 Å². The number of amides is 3. The quantitative estimate of drug-likeness (QED) is 0.649. The van der Waals surface area contributed by atoms with Crippen LogP contribution in [0.1, 0.15) is 54.9 Å². The summed E-state index contributed by atoms with van der Waals surface area (Å²) in [5.41, 5.74) is 1.50. The molecule has 3 unspecified atom stereocenters. The van der Waals surface area contributed by atoms with E-state index in [1.165, 1.54) is 0 Å². The first-order valence-corrected chi connectivity index (χ1v) is 11.8. The number of likely N-dealkylation sites (N-methyl/N-ethyl adjacent to an activating group) is 1. The summed E-state index contributed by atoms with van der Waals surface area (Å²) in [5, 5.41) is 2.35. The molecule has 1 saturated carbocycles. The number of hydrogen-bond acceptors (Lipinski definition) is 6. The Morgan fingerprint density at radius 1 is 1.19 bits per heavy atom. The van der Waals surface area contributed by atoms with Crippen LogP contribution in [0.5, 0.6) is 5.75 Å². The number of rotatable bonds is 7. The van der Waals surface area contributed by atoms with Crippen LogP contribution in [0.2, 0.25) is 0 Å². The first kappa shape index (κ1) is 21.4. The van der Waals surface area contributed by atoms with E-state index in [1.54, 1.807) is 4.90 Å². The molecule has 3 amide bonds. The highest BCUT2D eigenvalue weighted by Gasteiger charge is 2.40. The van der Waals surface area contributed by atoms with Crippen LogP contribution in [0.15, 0.2) is 18.2 Å². The van der Waals surface area contributed by atoms with Gasteiger partial charge in [-0.1, -0.05) is 6.92 Å². The second-order valence-electron chi connectivity index (χ2n) is 9.36. The number of carbonyl (C=O) groups is 3. The first-order valence-electron chi connectivity index (χ1n) is 11.8. The molecule has 3 fully saturated rings. The maximum atomic E-state index is 12.9. The van der Waals surface area contributed by atoms with Gasteiger partial charge in [0.05, 0.1) is 13.2 Å². The van der Waals surface area contributed by atoms with Crippen LogP contribution < -0.4 is 10.1 Å². The number of piperidine rings is 1. The third kappa shape index (κ3) is 4.01. The fraction of sp³-hybridized carbons (Fsp3) is 0.625. The number of hydrogen-bond donors (Lipinski definition) is 1. The van der Waals surface area contributed by atoms with E-state index in [0.717, 1.165) is 56.9 Å². The highest BCUT2D eigenvalue weighted by atomic mass is 16.5. The van der Waals surface area contributed by atoms with Crippen molar-refractivity contribution in [2.75, 3.05) is 26.3 Å². The molecular formula is C24H31N3O5. The monoisotopic (exact) mass is 441 g/mol. The lowest BCUT2D eigenvalue weighted by atomic mass is 10.0. The zero-order valence-corrected chi connectivity index (χ0v) is 18.5. The minimum atomic E-state index is -0.593. The number of carbonyl (C=O) groups excluding carboxylic acids is 3. The summed E-state index contributed by atoms with van der Waals surface area (Å²) >= 11 is 0. The number of benzene rings is 1. The van der Waals surface area contributed by atoms with Crippen LogP contribution in [0, 0.1) is 5.92 Å². The molecule has 3 heterocycles. The van der Waals surface area contributed by atoms with E-state index in [0.29, 0.717) is 30.5 Å². The molecule has 0 spiro atoms. The number of nitrogens with zero attached hydrogens (tertiary/aromatic N) is 2. The zero-order valence-electron chi connectivity index (χ0n) is 18.5. The van der Waals surface area contributed by atoms with Crippen LogP contribution in [0.25, 0.3) is 0 Å². The Labute approximate surface area is 188 Å². The number of fused-ring (bicyclic) bond motifs is 1. The van der Waals surface area contributed by atoms with Gasteiger partial charge in [-0.05, 0) is 56.0 Å². The molecule has 0 bridgehead atoms. The predicted molar refractivity (Wildman–Crippen MR) is 116 cm³/mol. The van der Waals surface area contributed by atoms with Crippen molar-refractivity contribution in [2.24, 2.45) is 5.92 Å². The van der Waals surface area contributed by atoms with Gasteiger partial charge in [-0.15, -0.1) is 0 Å². The molecule has 3 atom stereocenters. The smallest absolute Gasteiger partial charge is 0.255 e. The Kier molecular flexibility index (Phi) is 5.90. The molecule has 0 radical (unpaired) electrons. The van der Waals surface area contributed by atoms with Gasteiger partial charge in [0.25, 0.3) is 5.91 Å². The summed E-state index contributed by atoms with van der Waals surface area (Å²) in [5.74, 6) is 0.592. The van der Waals surface area contributed by atoms with E-state index in [4.69, 9.17) is 9.47 Å². The molecule has 172 valence electrons. The van der Waals surface area contributed by atoms with Gasteiger partial charge in [-0.25, -0.2) is 0 Å². The Morgan fingerprint density at radius 2 is 2.03 bits per heavy atom. The summed E-state index contributed by atoms with van der Waals surface area (Å²) in [6, 6.07) is 5.44. The lowest BCUT2D eigenvalue weighted by Gasteiger charge is -2.37. The van der Waals surface area contributed by atoms with Crippen molar-refractivity contribution in [1.82, 2.24) is 15.1 Å². The van der Waals surface area contributed by atoms with Gasteiger partial charge in [-0.3, -0.25) is 24.6 Å². The SMILES string of the molecule is CCN(CC1COC1)C1CCCC1Oc1ccc2c(c1)CN(C1CCC(=O)NC1=O)C2=O. The summed E-state index contributed by atoms with van der Waals surface area (Å²) in [6.07, 6.45) is 4.09. The molecule has 1 aliphatic carbocycles. The number of ether oxygens (including phenoxy) is 2. The third-order valence-electron chi connectivity index (χ3n) is 7.28. The maximum absolute atomic E-state index is 12.9. The van der Waals surface area contributed by atoms with Crippen LogP contribution in [-0.4, -0.2) is 72.0 Å². The normalized spacial score (nSPS) is 28.1. The van der Waals surface area contributed by atoms with E-state index in [2.05, 4.69) is 17.1 Å². The average molecular weight is 442 g/mol. The Bertz CT molecular complexity index is 915. The molecule has 8 nitrogen and oxygen atoms in total. The largest absolute Gasteiger partial charge is 0.489 e. The number of imide groups is 1. The molecule has 2 saturated heterocycles. The van der Waals surface area contributed by atoms with Gasteiger partial charge in [0, 0.05) is 37.0 Å². The van der Waals surface area contributed by atoms with E-state index in [-0.39, 0.29) is 30.2 Å². The average Bonchev–Trinajstić information content (AvgIpc) is 3.32. The second-order valence-corrected chi connectivity index (χ2v) is 9.36. The van der Waals surface area contributed by atoms with Gasteiger partial charge in [-0.2, -0.15) is 0 Å². The molecule has 32 heavy (non-hydrogen) atoms. The van der Waals surface area contributed by atoms with E-state index in [9.17, 15) is 14.4 Å². The summed E-state index contributed by atoms with van der Waals surface area (Å²) in [6.45, 7) is 6.35. The van der Waals surface area contributed by atoms with Crippen LogP contribution in [0.4, 0.5) is 0 Å². The lowest BCUT2D eigenvalue weighted by Crippen LogP contribution is -2.52. The predicted octanol–water partition coefficient (Wildman–Crippen LogP) is 1.72. The molecule has 8 heteroatoms. The van der Waals surface area contributed by atoms with Crippen LogP contribution in [0.3, 0.4) is 0 Å². The maximum Gasteiger partial charge on any atom is 0.255 e. The minimum Gasteiger partial charge on any atom is -0.489 e. The Morgan fingerprint density at radius 3 is 2.75 bits per heavy atom. The molecule has 1 aromatic carbocycles. The van der Waals surface area contributed by atoms with Gasteiger partial charge < -0.3 is 14.4 Å². The molecule has 1 aromatic rings. The topological polar surface area (TPSA) is 88.2 Å². The summed E-state index contributed by atoms with van der Waals surface area (Å²) in [4.78, 5) is 40.7. The van der Waals surface area contributed by atoms with Gasteiger partial charge in [0.15, 0.2) is 0 Å². The third-order valence-corrected chi connectivity index (χ3v) is 7.28. The highest BCUT2D eigenvalue weighted by molar-refractivity contribution is 6.05. The molecule has 5 rings (SSSR count). The molecule has 0 aromatic heterocycles. The van der Waals surface area contributed by atoms with Crippen LogP contribution >= 0.6 is 0 Å². The van der Waals surface area contributed by atoms with Crippen molar-refractivity contribution in [1.29, 1.82) is 0 Å². The highest BCUT2D eigenvalue weighted by Crippen LogP contribution is 2.33. The Balaban J connectivity index is 1.26. The Hall–Kier alpha value is -2.45. The van der Waals surface area contributed by atoms with Crippen molar-refractivity contribution in [3.63, 3.8) is 0 Å². The molecule has 1 N–H and O–H groups in total. The molecule has 3 aliphatic heterocycles. The van der Waals surface area contributed by atoms with Crippen molar-refractivity contribution >= 4 is 17.7 Å². The van der Waals surface area contributed by atoms with E-state index < -0.39 is 6.04 Å². The van der Waals surface area contributed by atoms with Gasteiger partial charge in [0.2, 0.25) is 11.8 Å². The van der Waals surface area contributed by atoms with Crippen molar-refractivity contribution in [3.8, 4) is 5.75 Å². The lowest BCUT2D eigenvalue weighted by molar-refractivity contribution is -0.136. The fourth-order valence-electron chi connectivity index (χ4n) is 5.48. The molecular weight excluding hydrogens is 410 g/mol. The summed E-state index contributed by atoms with van der Waals surface area (Å²) < 4.78 is 11.8. The van der Waals surface area contributed by atoms with Gasteiger partial charge in [0.1, 0.15) is 17.9 Å². The standard InChI is InChI=1S/C24H31N3O5/c1-2-26(11-15-13-31-14-15)19-4-3-5-21(19)32-17-6-7-18-16(10-17)12-27(24(18)30)20-8-9-22(28)25-23(20)29/h6-7,10,15,19-21H,2-5,8-9,11-14H2,1H3,(H,25,28,29). The number of nitrogens with one attached hydrogen (secondary N) is 1. The van der Waals surface area contributed by atoms with E-state index in [1.807, 2.05) is 18.2 Å². The first-order chi connectivity index (χ1) is 15.5.